The number of nitrogens with one attached hydrogen (secondary N) is 1. The Kier molecular flexibility index (Phi) is 6.87. The largest absolute Gasteiger partial charge is 0.480 e. The number of hydrogen-bond donors (Lipinski definition) is 2. The number of amides is 1. The van der Waals surface area contributed by atoms with Gasteiger partial charge in [0.15, 0.2) is 0 Å². The van der Waals surface area contributed by atoms with Gasteiger partial charge in [0.2, 0.25) is 0 Å². The first-order valence-corrected chi connectivity index (χ1v) is 7.97. The van der Waals surface area contributed by atoms with Gasteiger partial charge in [0.1, 0.15) is 12.6 Å². The number of carboxylic acid groups (broad SMARTS) is 1. The molecule has 1 saturated heterocycles. The van der Waals surface area contributed by atoms with E-state index in [0.29, 0.717) is 12.8 Å². The zero-order chi connectivity index (χ0) is 16.5. The standard InChI is InChI=1S/C17H23NO5/c19-16(20)15(10-4-8-14-9-5-11-22-14)18-17(21)23-12-13-6-2-1-3-7-13/h1-3,6-7,14-15H,4-5,8-12H2,(H,18,21)(H,19,20). The second-order valence-corrected chi connectivity index (χ2v) is 5.66. The molecular formula is C17H23NO5. The Morgan fingerprint density at radius 2 is 2.13 bits per heavy atom. The maximum atomic E-state index is 11.7. The molecule has 1 aliphatic heterocycles. The second kappa shape index (κ2) is 9.15. The Hall–Kier alpha value is -2.08. The molecule has 0 saturated carbocycles. The van der Waals surface area contributed by atoms with Crippen molar-refractivity contribution in [3.05, 3.63) is 35.9 Å². The summed E-state index contributed by atoms with van der Waals surface area (Å²) in [6, 6.07) is 8.31. The van der Waals surface area contributed by atoms with E-state index in [9.17, 15) is 14.7 Å². The van der Waals surface area contributed by atoms with Crippen LogP contribution in [0.1, 0.15) is 37.7 Å². The summed E-state index contributed by atoms with van der Waals surface area (Å²) >= 11 is 0. The third-order valence-corrected chi connectivity index (χ3v) is 3.85. The summed E-state index contributed by atoms with van der Waals surface area (Å²) in [5, 5.41) is 11.6. The number of ether oxygens (including phenoxy) is 2. The zero-order valence-corrected chi connectivity index (χ0v) is 13.1. The fraction of sp³-hybridized carbons (Fsp3) is 0.529. The van der Waals surface area contributed by atoms with Crippen LogP contribution in [0.2, 0.25) is 0 Å². The molecular weight excluding hydrogens is 298 g/mol. The molecule has 1 aliphatic rings. The van der Waals surface area contributed by atoms with Crippen molar-refractivity contribution in [1.82, 2.24) is 5.32 Å². The predicted octanol–water partition coefficient (Wildman–Crippen LogP) is 2.72. The molecule has 2 atom stereocenters. The van der Waals surface area contributed by atoms with Gasteiger partial charge < -0.3 is 19.9 Å². The van der Waals surface area contributed by atoms with Crippen LogP contribution < -0.4 is 5.32 Å². The molecule has 1 aromatic rings. The quantitative estimate of drug-likeness (QED) is 0.769. The Balaban J connectivity index is 1.69. The van der Waals surface area contributed by atoms with Gasteiger partial charge in [-0.1, -0.05) is 30.3 Å². The molecule has 2 rings (SSSR count). The van der Waals surface area contributed by atoms with Crippen molar-refractivity contribution in [2.75, 3.05) is 6.61 Å². The summed E-state index contributed by atoms with van der Waals surface area (Å²) in [4.78, 5) is 23.0. The van der Waals surface area contributed by atoms with E-state index in [1.54, 1.807) is 0 Å². The van der Waals surface area contributed by atoms with Crippen LogP contribution in [0.4, 0.5) is 4.79 Å². The lowest BCUT2D eigenvalue weighted by Crippen LogP contribution is -2.41. The highest BCUT2D eigenvalue weighted by Gasteiger charge is 2.22. The highest BCUT2D eigenvalue weighted by Crippen LogP contribution is 2.18. The molecule has 0 aliphatic carbocycles. The van der Waals surface area contributed by atoms with Crippen LogP contribution in [0.5, 0.6) is 0 Å². The molecule has 1 fully saturated rings. The Labute approximate surface area is 135 Å². The monoisotopic (exact) mass is 321 g/mol. The summed E-state index contributed by atoms with van der Waals surface area (Å²) in [5.41, 5.74) is 0.855. The van der Waals surface area contributed by atoms with Crippen molar-refractivity contribution in [3.63, 3.8) is 0 Å². The first kappa shape index (κ1) is 17.3. The van der Waals surface area contributed by atoms with Crippen molar-refractivity contribution in [2.24, 2.45) is 0 Å². The van der Waals surface area contributed by atoms with E-state index >= 15 is 0 Å². The molecule has 126 valence electrons. The van der Waals surface area contributed by atoms with Crippen molar-refractivity contribution in [1.29, 1.82) is 0 Å². The van der Waals surface area contributed by atoms with Crippen molar-refractivity contribution < 1.29 is 24.2 Å². The van der Waals surface area contributed by atoms with Crippen molar-refractivity contribution in [3.8, 4) is 0 Å². The molecule has 1 heterocycles. The summed E-state index contributed by atoms with van der Waals surface area (Å²) in [5.74, 6) is -1.05. The average Bonchev–Trinajstić information content (AvgIpc) is 3.06. The van der Waals surface area contributed by atoms with Gasteiger partial charge in [-0.15, -0.1) is 0 Å². The van der Waals surface area contributed by atoms with E-state index in [1.807, 2.05) is 30.3 Å². The van der Waals surface area contributed by atoms with Gasteiger partial charge in [0, 0.05) is 6.61 Å². The van der Waals surface area contributed by atoms with E-state index in [2.05, 4.69) is 5.32 Å². The van der Waals surface area contributed by atoms with E-state index in [1.165, 1.54) is 0 Å². The average molecular weight is 321 g/mol. The van der Waals surface area contributed by atoms with Crippen LogP contribution in [0.25, 0.3) is 0 Å². The van der Waals surface area contributed by atoms with Crippen LogP contribution in [-0.2, 0) is 20.9 Å². The van der Waals surface area contributed by atoms with Crippen LogP contribution in [0.3, 0.4) is 0 Å². The Morgan fingerprint density at radius 1 is 1.35 bits per heavy atom. The number of carbonyl (C=O) groups excluding carboxylic acids is 1. The second-order valence-electron chi connectivity index (χ2n) is 5.66. The molecule has 1 aromatic carbocycles. The van der Waals surface area contributed by atoms with E-state index in [0.717, 1.165) is 31.4 Å². The molecule has 1 amide bonds. The molecule has 0 bridgehead atoms. The molecule has 6 heteroatoms. The molecule has 0 spiro atoms. The molecule has 2 unspecified atom stereocenters. The topological polar surface area (TPSA) is 84.9 Å². The summed E-state index contributed by atoms with van der Waals surface area (Å²) < 4.78 is 10.6. The van der Waals surface area contributed by atoms with E-state index in [4.69, 9.17) is 9.47 Å². The van der Waals surface area contributed by atoms with E-state index in [-0.39, 0.29) is 12.7 Å². The van der Waals surface area contributed by atoms with Gasteiger partial charge in [-0.05, 0) is 37.7 Å². The fourth-order valence-corrected chi connectivity index (χ4v) is 2.59. The number of hydrogen-bond acceptors (Lipinski definition) is 4. The lowest BCUT2D eigenvalue weighted by Gasteiger charge is -2.15. The first-order chi connectivity index (χ1) is 11.1. The minimum absolute atomic E-state index is 0.120. The summed E-state index contributed by atoms with van der Waals surface area (Å²) in [6.45, 7) is 0.909. The highest BCUT2D eigenvalue weighted by molar-refractivity contribution is 5.79. The summed E-state index contributed by atoms with van der Waals surface area (Å²) in [7, 11) is 0. The molecule has 0 aromatic heterocycles. The van der Waals surface area contributed by atoms with Gasteiger partial charge in [-0.3, -0.25) is 0 Å². The molecule has 23 heavy (non-hydrogen) atoms. The van der Waals surface area contributed by atoms with Crippen molar-refractivity contribution >= 4 is 12.1 Å². The first-order valence-electron chi connectivity index (χ1n) is 7.97. The van der Waals surface area contributed by atoms with Gasteiger partial charge >= 0.3 is 12.1 Å². The van der Waals surface area contributed by atoms with Crippen LogP contribution in [0, 0.1) is 0 Å². The van der Waals surface area contributed by atoms with Gasteiger partial charge in [0.25, 0.3) is 0 Å². The van der Waals surface area contributed by atoms with Crippen molar-refractivity contribution in [2.45, 2.75) is 50.9 Å². The van der Waals surface area contributed by atoms with Gasteiger partial charge in [-0.2, -0.15) is 0 Å². The number of aliphatic carboxylic acids is 1. The minimum atomic E-state index is -1.05. The molecule has 2 N–H and O–H groups in total. The normalized spacial score (nSPS) is 18.3. The van der Waals surface area contributed by atoms with Gasteiger partial charge in [-0.25, -0.2) is 9.59 Å². The predicted molar refractivity (Wildman–Crippen MR) is 84.0 cm³/mol. The smallest absolute Gasteiger partial charge is 0.408 e. The Bertz CT molecular complexity index is 499. The third-order valence-electron chi connectivity index (χ3n) is 3.85. The highest BCUT2D eigenvalue weighted by atomic mass is 16.5. The number of carbonyl (C=O) groups is 2. The van der Waals surface area contributed by atoms with E-state index < -0.39 is 18.1 Å². The van der Waals surface area contributed by atoms with Gasteiger partial charge in [0.05, 0.1) is 6.10 Å². The lowest BCUT2D eigenvalue weighted by atomic mass is 10.1. The third kappa shape index (κ3) is 6.28. The fourth-order valence-electron chi connectivity index (χ4n) is 2.59. The van der Waals surface area contributed by atoms with Crippen LogP contribution in [-0.4, -0.2) is 35.9 Å². The Morgan fingerprint density at radius 3 is 2.78 bits per heavy atom. The number of benzene rings is 1. The minimum Gasteiger partial charge on any atom is -0.480 e. The summed E-state index contributed by atoms with van der Waals surface area (Å²) in [6.07, 6.45) is 3.51. The zero-order valence-electron chi connectivity index (χ0n) is 13.1. The van der Waals surface area contributed by atoms with Crippen LogP contribution in [0.15, 0.2) is 30.3 Å². The SMILES string of the molecule is O=C(NC(CCCC1CCCO1)C(=O)O)OCc1ccccc1. The number of carboxylic acids is 1. The van der Waals surface area contributed by atoms with Crippen LogP contribution >= 0.6 is 0 Å². The number of rotatable bonds is 8. The maximum absolute atomic E-state index is 11.7. The number of alkyl carbamates (subject to hydrolysis) is 1. The maximum Gasteiger partial charge on any atom is 0.408 e. The molecule has 6 nitrogen and oxygen atoms in total. The molecule has 0 radical (unpaired) electrons. The lowest BCUT2D eigenvalue weighted by molar-refractivity contribution is -0.139.